The summed E-state index contributed by atoms with van der Waals surface area (Å²) in [5.41, 5.74) is 5.90. The van der Waals surface area contributed by atoms with Gasteiger partial charge >= 0.3 is 0 Å². The number of carbonyl (C=O) groups is 3. The molecule has 12 heteroatoms. The number of hydrogen-bond donors (Lipinski definition) is 5. The maximum atomic E-state index is 12.6. The maximum absolute atomic E-state index is 12.6. The smallest absolute Gasteiger partial charge is 0.253 e. The lowest BCUT2D eigenvalue weighted by molar-refractivity contribution is -0.121. The summed E-state index contributed by atoms with van der Waals surface area (Å²) in [5.74, 6) is -2.00. The van der Waals surface area contributed by atoms with Gasteiger partial charge in [0.15, 0.2) is 0 Å². The Balaban J connectivity index is 3.60. The van der Waals surface area contributed by atoms with E-state index in [1.54, 1.807) is 0 Å². The molecule has 0 bridgehead atoms. The van der Waals surface area contributed by atoms with Crippen molar-refractivity contribution in [1.29, 1.82) is 0 Å². The van der Waals surface area contributed by atoms with Crippen LogP contribution in [0.1, 0.15) is 20.7 Å². The molecule has 0 unspecified atom stereocenters. The first-order valence-corrected chi connectivity index (χ1v) is 10.3. The highest BCUT2D eigenvalue weighted by Gasteiger charge is 2.29. The average molecular weight is 703 g/mol. The van der Waals surface area contributed by atoms with Crippen LogP contribution in [0.4, 0.5) is 5.69 Å². The number of benzene rings is 1. The van der Waals surface area contributed by atoms with Crippen molar-refractivity contribution in [2.75, 3.05) is 31.7 Å². The molecule has 0 saturated heterocycles. The fourth-order valence-corrected chi connectivity index (χ4v) is 6.87. The molecule has 144 valence electrons. The Morgan fingerprint density at radius 3 is 2.12 bits per heavy atom. The molecule has 0 radical (unpaired) electrons. The number of aliphatic hydroxyl groups is 3. The van der Waals surface area contributed by atoms with Crippen LogP contribution < -0.4 is 16.0 Å². The Morgan fingerprint density at radius 2 is 1.65 bits per heavy atom. The van der Waals surface area contributed by atoms with Gasteiger partial charge in [-0.1, -0.05) is 0 Å². The SMILES string of the molecule is CN(C(=O)CO)c1c(I)c(C(N)=O)c(I)c(C(=O)NC[C@H](O)CO)c1I. The second kappa shape index (κ2) is 10.3. The lowest BCUT2D eigenvalue weighted by atomic mass is 10.1. The highest BCUT2D eigenvalue weighted by Crippen LogP contribution is 2.37. The fraction of sp³-hybridized carbons (Fsp3) is 0.357. The van der Waals surface area contributed by atoms with E-state index in [0.717, 1.165) is 4.90 Å². The Bertz CT molecular complexity index is 743. The molecule has 9 nitrogen and oxygen atoms in total. The van der Waals surface area contributed by atoms with Gasteiger partial charge in [-0.15, -0.1) is 0 Å². The number of likely N-dealkylation sites (N-methyl/N-ethyl adjacent to an activating group) is 1. The number of hydrogen-bond acceptors (Lipinski definition) is 6. The highest BCUT2D eigenvalue weighted by atomic mass is 127. The Morgan fingerprint density at radius 1 is 1.12 bits per heavy atom. The first kappa shape index (κ1) is 23.7. The topological polar surface area (TPSA) is 153 Å². The van der Waals surface area contributed by atoms with Crippen molar-refractivity contribution >= 4 is 91.2 Å². The molecular formula is C14H16I3N3O6. The molecule has 1 atom stereocenters. The van der Waals surface area contributed by atoms with Crippen LogP contribution in [0.2, 0.25) is 0 Å². The van der Waals surface area contributed by atoms with E-state index in [-0.39, 0.29) is 23.4 Å². The number of nitrogens with one attached hydrogen (secondary N) is 1. The van der Waals surface area contributed by atoms with E-state index in [9.17, 15) is 19.5 Å². The predicted molar refractivity (Wildman–Crippen MR) is 119 cm³/mol. The van der Waals surface area contributed by atoms with Crippen LogP contribution in [-0.4, -0.2) is 66.0 Å². The van der Waals surface area contributed by atoms with Gasteiger partial charge < -0.3 is 31.3 Å². The number of aliphatic hydroxyl groups excluding tert-OH is 3. The summed E-state index contributed by atoms with van der Waals surface area (Å²) in [7, 11) is 1.41. The molecule has 6 N–H and O–H groups in total. The van der Waals surface area contributed by atoms with Crippen LogP contribution in [0, 0.1) is 10.7 Å². The van der Waals surface area contributed by atoms with Crippen molar-refractivity contribution in [3.63, 3.8) is 0 Å². The summed E-state index contributed by atoms with van der Waals surface area (Å²) in [5, 5.41) is 29.8. The third-order valence-electron chi connectivity index (χ3n) is 3.32. The van der Waals surface area contributed by atoms with Crippen molar-refractivity contribution in [3.8, 4) is 0 Å². The number of amides is 3. The van der Waals surface area contributed by atoms with Crippen LogP contribution in [0.3, 0.4) is 0 Å². The minimum Gasteiger partial charge on any atom is -0.394 e. The number of primary amides is 1. The molecule has 0 spiro atoms. The van der Waals surface area contributed by atoms with Gasteiger partial charge in [0.1, 0.15) is 6.61 Å². The van der Waals surface area contributed by atoms with Crippen LogP contribution in [0.5, 0.6) is 0 Å². The molecule has 0 fully saturated rings. The number of rotatable bonds is 7. The minimum absolute atomic E-state index is 0.0760. The first-order valence-electron chi connectivity index (χ1n) is 7.03. The van der Waals surface area contributed by atoms with Gasteiger partial charge in [0.05, 0.1) is 36.7 Å². The van der Waals surface area contributed by atoms with E-state index < -0.39 is 37.0 Å². The molecule has 3 amide bonds. The number of halogens is 3. The fourth-order valence-electron chi connectivity index (χ4n) is 1.96. The van der Waals surface area contributed by atoms with Crippen LogP contribution in [0.25, 0.3) is 0 Å². The number of carbonyl (C=O) groups excluding carboxylic acids is 3. The van der Waals surface area contributed by atoms with Crippen molar-refractivity contribution in [2.45, 2.75) is 6.10 Å². The largest absolute Gasteiger partial charge is 0.394 e. The Kier molecular flexibility index (Phi) is 9.40. The molecule has 0 heterocycles. The zero-order valence-corrected chi connectivity index (χ0v) is 19.9. The second-order valence-corrected chi connectivity index (χ2v) is 8.30. The Labute approximate surface area is 190 Å². The zero-order valence-electron chi connectivity index (χ0n) is 13.4. The third kappa shape index (κ3) is 5.15. The highest BCUT2D eigenvalue weighted by molar-refractivity contribution is 14.1. The predicted octanol–water partition coefficient (Wildman–Crippen LogP) is -0.363. The molecule has 26 heavy (non-hydrogen) atoms. The molecule has 1 aromatic rings. The van der Waals surface area contributed by atoms with Crippen molar-refractivity contribution in [1.82, 2.24) is 5.32 Å². The van der Waals surface area contributed by atoms with Gasteiger partial charge in [-0.3, -0.25) is 14.4 Å². The maximum Gasteiger partial charge on any atom is 0.253 e. The van der Waals surface area contributed by atoms with Crippen LogP contribution in [-0.2, 0) is 4.79 Å². The zero-order chi connectivity index (χ0) is 20.2. The van der Waals surface area contributed by atoms with Gasteiger partial charge in [0.2, 0.25) is 0 Å². The van der Waals surface area contributed by atoms with E-state index in [0.29, 0.717) is 10.7 Å². The third-order valence-corrected chi connectivity index (χ3v) is 6.50. The monoisotopic (exact) mass is 703 g/mol. The van der Waals surface area contributed by atoms with Gasteiger partial charge in [-0.05, 0) is 67.8 Å². The van der Waals surface area contributed by atoms with Gasteiger partial charge in [-0.25, -0.2) is 0 Å². The number of nitrogens with two attached hydrogens (primary N) is 1. The number of anilines is 1. The van der Waals surface area contributed by atoms with Gasteiger partial charge in [0, 0.05) is 17.2 Å². The molecule has 0 aromatic heterocycles. The quantitative estimate of drug-likeness (QED) is 0.245. The van der Waals surface area contributed by atoms with Crippen molar-refractivity contribution in [2.24, 2.45) is 5.73 Å². The summed E-state index contributed by atoms with van der Waals surface area (Å²) in [6.45, 7) is -1.46. The standard InChI is InChI=1S/C14H16I3N3O6/c1-20(6(24)4-22)12-10(16)7(13(18)25)9(15)8(11(12)17)14(26)19-2-5(23)3-21/h5,21-23H,2-4H2,1H3,(H2,18,25)(H,19,26)/t5-/m0/s1. The first-order chi connectivity index (χ1) is 12.1. The Hall–Kier alpha value is -0.300. The van der Waals surface area contributed by atoms with E-state index >= 15 is 0 Å². The van der Waals surface area contributed by atoms with Gasteiger partial charge in [-0.2, -0.15) is 0 Å². The summed E-state index contributed by atoms with van der Waals surface area (Å²) < 4.78 is 1.05. The van der Waals surface area contributed by atoms with Crippen molar-refractivity contribution in [3.05, 3.63) is 21.8 Å². The lowest BCUT2D eigenvalue weighted by Gasteiger charge is -2.24. The summed E-state index contributed by atoms with van der Waals surface area (Å²) in [4.78, 5) is 37.5. The van der Waals surface area contributed by atoms with Crippen molar-refractivity contribution < 1.29 is 29.7 Å². The molecule has 1 aromatic carbocycles. The van der Waals surface area contributed by atoms with E-state index in [1.165, 1.54) is 7.05 Å². The molecule has 0 aliphatic carbocycles. The summed E-state index contributed by atoms with van der Waals surface area (Å²) in [6.07, 6.45) is -1.13. The molecule has 0 saturated carbocycles. The second-order valence-electron chi connectivity index (χ2n) is 5.06. The number of nitrogens with zero attached hydrogens (tertiary/aromatic N) is 1. The normalized spacial score (nSPS) is 11.8. The van der Waals surface area contributed by atoms with Crippen LogP contribution in [0.15, 0.2) is 0 Å². The summed E-state index contributed by atoms with van der Waals surface area (Å²) >= 11 is 5.55. The molecule has 1 rings (SSSR count). The average Bonchev–Trinajstić information content (AvgIpc) is 2.57. The van der Waals surface area contributed by atoms with Gasteiger partial charge in [0.25, 0.3) is 17.7 Å². The van der Waals surface area contributed by atoms with E-state index in [4.69, 9.17) is 15.9 Å². The molecular weight excluding hydrogens is 687 g/mol. The molecule has 0 aliphatic rings. The molecule has 0 aliphatic heterocycles. The summed E-state index contributed by atoms with van der Waals surface area (Å²) in [6, 6.07) is 0. The minimum atomic E-state index is -1.13. The lowest BCUT2D eigenvalue weighted by Crippen LogP contribution is -2.36. The van der Waals surface area contributed by atoms with E-state index in [2.05, 4.69) is 5.32 Å². The van der Waals surface area contributed by atoms with E-state index in [1.807, 2.05) is 67.8 Å². The van der Waals surface area contributed by atoms with Crippen LogP contribution >= 0.6 is 67.8 Å².